The van der Waals surface area contributed by atoms with Gasteiger partial charge in [-0.25, -0.2) is 37.3 Å². The number of hydrogen-bond donors (Lipinski definition) is 0. The third-order valence-corrected chi connectivity index (χ3v) is 3.49. The zero-order valence-electron chi connectivity index (χ0n) is 20.7. The van der Waals surface area contributed by atoms with Gasteiger partial charge in [0.2, 0.25) is 0 Å². The molecule has 0 saturated carbocycles. The fourth-order valence-corrected chi connectivity index (χ4v) is 2.17. The van der Waals surface area contributed by atoms with Crippen molar-refractivity contribution in [1.29, 1.82) is 0 Å². The number of methoxy groups -OCH3 is 2. The number of hydrogen-bond acceptors (Lipinski definition) is 14. The van der Waals surface area contributed by atoms with E-state index < -0.39 is 20.5 Å². The Hall–Kier alpha value is -1.84. The van der Waals surface area contributed by atoms with Crippen molar-refractivity contribution < 1.29 is 128 Å². The number of ether oxygens (including phenoxy) is 2. The number of rotatable bonds is 8. The molecule has 40 heavy (non-hydrogen) atoms. The third kappa shape index (κ3) is 27.7. The molecule has 17 nitrogen and oxygen atoms in total. The summed E-state index contributed by atoms with van der Waals surface area (Å²) >= 11 is 0. The number of benzene rings is 2. The molecule has 0 amide bonds. The number of para-hydroxylation sites is 2. The van der Waals surface area contributed by atoms with Crippen LogP contribution >= 0.6 is 0 Å². The summed E-state index contributed by atoms with van der Waals surface area (Å²) < 4.78 is 77.9. The molecule has 0 saturated heterocycles. The molecule has 0 aliphatic rings. The first-order chi connectivity index (χ1) is 16.2. The molecule has 21 heteroatoms. The first kappa shape index (κ1) is 50.9. The van der Waals surface area contributed by atoms with Gasteiger partial charge in [0.05, 0.1) is 14.2 Å². The van der Waals surface area contributed by atoms with Gasteiger partial charge in [0.1, 0.15) is 11.5 Å². The van der Waals surface area contributed by atoms with Gasteiger partial charge < -0.3 is 36.1 Å². The summed E-state index contributed by atoms with van der Waals surface area (Å²) in [5.41, 5.74) is 0.991. The van der Waals surface area contributed by atoms with Crippen LogP contribution in [0.3, 0.4) is 0 Å². The van der Waals surface area contributed by atoms with Crippen LogP contribution in [0, 0.1) is 20.5 Å². The van der Waals surface area contributed by atoms with Crippen LogP contribution in [-0.2, 0) is 50.6 Å². The van der Waals surface area contributed by atoms with Crippen molar-refractivity contribution in [2.75, 3.05) is 27.3 Å². The summed E-state index contributed by atoms with van der Waals surface area (Å²) in [5.74, 6) is 0.265. The van der Waals surface area contributed by atoms with E-state index in [-0.39, 0.29) is 62.1 Å². The summed E-state index contributed by atoms with van der Waals surface area (Å²) in [7, 11) is -6.96. The van der Waals surface area contributed by atoms with Crippen LogP contribution in [0.1, 0.15) is 17.5 Å². The molecule has 9 N–H and O–H groups in total. The van der Waals surface area contributed by atoms with Crippen LogP contribution < -0.4 is 57.0 Å². The largest absolute Gasteiger partial charge is 2.00 e. The molecule has 0 unspecified atom stereocenters. The molecule has 0 fully saturated rings. The summed E-state index contributed by atoms with van der Waals surface area (Å²) in [5, 5.41) is 23.9. The molecule has 0 heterocycles. The van der Waals surface area contributed by atoms with Crippen molar-refractivity contribution in [3.63, 3.8) is 0 Å². The molecule has 2 aromatic rings. The minimum absolute atomic E-state index is 0. The normalized spacial score (nSPS) is 10.1. The predicted octanol–water partition coefficient (Wildman–Crippen LogP) is -10.5. The van der Waals surface area contributed by atoms with Crippen molar-refractivity contribution in [1.82, 2.24) is 0 Å². The van der Waals surface area contributed by atoms with Gasteiger partial charge in [-0.1, -0.05) is 35.8 Å². The Morgan fingerprint density at radius 2 is 0.925 bits per heavy atom. The van der Waals surface area contributed by atoms with Gasteiger partial charge in [-0.15, -0.1) is 20.5 Å². The second kappa shape index (κ2) is 26.1. The smallest absolute Gasteiger partial charge is 0.870 e. The van der Waals surface area contributed by atoms with Crippen LogP contribution in [0.15, 0.2) is 46.4 Å². The summed E-state index contributed by atoms with van der Waals surface area (Å²) in [6.45, 7) is 1.08. The van der Waals surface area contributed by atoms with Gasteiger partial charge in [0.25, 0.3) is 0 Å². The van der Waals surface area contributed by atoms with E-state index in [2.05, 4.69) is 9.98 Å². The molecule has 234 valence electrons. The average Bonchev–Trinajstić information content (AvgIpc) is 2.73. The summed E-state index contributed by atoms with van der Waals surface area (Å²) in [6, 6.07) is 10.1. The van der Waals surface area contributed by atoms with Crippen LogP contribution in [0.25, 0.3) is 0 Å². The van der Waals surface area contributed by atoms with Crippen molar-refractivity contribution in [2.45, 2.75) is 6.42 Å². The number of halogens is 2. The molecule has 2 aromatic carbocycles. The van der Waals surface area contributed by atoms with E-state index in [1.165, 1.54) is 14.2 Å². The first-order valence-electron chi connectivity index (χ1n) is 9.08. The van der Waals surface area contributed by atoms with Crippen molar-refractivity contribution in [3.8, 4) is 23.0 Å². The molecule has 2 radical (unpaired) electrons. The standard InChI is InChI=1S/C19H22N2O4.2ClHO4.Cu.Mn.3H2O/c1-24-16-8-3-6-14(18(16)22)12-20-10-5-11-21-13-15-7-4-9-17(25-2)19(15)23;2*2-1(3,4)5;;;;;/h3-4,6-9,12-13,22-23H,5,10-11H2,1-2H3;2*(H,2,3,4,5);;;3*1H2/q;;;2*+2;;;/p-1. The van der Waals surface area contributed by atoms with E-state index in [4.69, 9.17) is 46.7 Å². The number of aliphatic imine (C=N–C) groups is 2. The fourth-order valence-electron chi connectivity index (χ4n) is 2.17. The fraction of sp³-hybridized carbons (Fsp3) is 0.263. The Labute approximate surface area is 254 Å². The average molecular weight is 715 g/mol. The maximum absolute atomic E-state index is 11.9. The molecular formula is C19H29Cl2CuMnN2O15+3. The third-order valence-electron chi connectivity index (χ3n) is 3.49. The number of nitrogens with zero attached hydrogens (tertiary/aromatic N) is 2. The van der Waals surface area contributed by atoms with Gasteiger partial charge >= 0.3 is 34.1 Å². The molecule has 0 aliphatic carbocycles. The Kier molecular flexibility index (Phi) is 33.2. The van der Waals surface area contributed by atoms with E-state index in [0.29, 0.717) is 42.1 Å². The van der Waals surface area contributed by atoms with Gasteiger partial charge in [-0.3, -0.25) is 9.98 Å². The minimum Gasteiger partial charge on any atom is -0.870 e. The van der Waals surface area contributed by atoms with Gasteiger partial charge in [0.15, 0.2) is 0 Å². The molecule has 2 rings (SSSR count). The Balaban J connectivity index is -0.000000167. The topological polar surface area (TPSA) is 373 Å². The maximum Gasteiger partial charge on any atom is 2.00 e. The maximum atomic E-state index is 11.9. The summed E-state index contributed by atoms with van der Waals surface area (Å²) in [4.78, 5) is 8.46. The van der Waals surface area contributed by atoms with Crippen LogP contribution in [0.5, 0.6) is 23.0 Å². The summed E-state index contributed by atoms with van der Waals surface area (Å²) in [6.07, 6.45) is 3.81. The van der Waals surface area contributed by atoms with E-state index in [9.17, 15) is 10.2 Å². The molecule has 0 atom stereocenters. The van der Waals surface area contributed by atoms with E-state index >= 15 is 0 Å². The van der Waals surface area contributed by atoms with Gasteiger partial charge in [-0.05, 0) is 29.7 Å². The zero-order valence-corrected chi connectivity index (χ0v) is 24.3. The Morgan fingerprint density at radius 3 is 1.18 bits per heavy atom. The first-order valence-corrected chi connectivity index (χ1v) is 11.6. The SMILES string of the molecule is COc1cccc(C=NCCCN=Cc2cccc(OC)c2[O-])c1[O-].[Cu+2].[Mn+2].[O-][Cl+3]([O-])([O-])[O-].[O-][Cl+3]([O-])([O-])[O-].[OH3+].[OH3+].[OH3+]. The molecule has 0 bridgehead atoms. The second-order valence-corrected chi connectivity index (χ2v) is 7.45. The van der Waals surface area contributed by atoms with Crippen molar-refractivity contribution >= 4 is 12.4 Å². The minimum atomic E-state index is -4.94. The molecule has 0 aliphatic heterocycles. The Bertz CT molecular complexity index is 877. The van der Waals surface area contributed by atoms with E-state index in [1.807, 2.05) is 0 Å². The van der Waals surface area contributed by atoms with Gasteiger partial charge in [-0.2, -0.15) is 0 Å². The van der Waals surface area contributed by atoms with E-state index in [0.717, 1.165) is 0 Å². The monoisotopic (exact) mass is 713 g/mol. The predicted molar refractivity (Wildman–Crippen MR) is 109 cm³/mol. The van der Waals surface area contributed by atoms with E-state index in [1.54, 1.807) is 48.8 Å². The van der Waals surface area contributed by atoms with Crippen LogP contribution in [-0.4, -0.2) is 39.7 Å². The van der Waals surface area contributed by atoms with Crippen LogP contribution in [0.2, 0.25) is 0 Å². The van der Waals surface area contributed by atoms with Crippen LogP contribution in [0.4, 0.5) is 0 Å². The zero-order chi connectivity index (χ0) is 27.1. The quantitative estimate of drug-likeness (QED) is 0.106. The second-order valence-electron chi connectivity index (χ2n) is 5.94. The Morgan fingerprint density at radius 1 is 0.650 bits per heavy atom. The molecular weight excluding hydrogens is 686 g/mol. The van der Waals surface area contributed by atoms with Crippen molar-refractivity contribution in [2.24, 2.45) is 9.98 Å². The van der Waals surface area contributed by atoms with Crippen molar-refractivity contribution in [3.05, 3.63) is 47.5 Å². The molecule has 0 aromatic heterocycles. The molecule has 0 spiro atoms. The van der Waals surface area contributed by atoms with Gasteiger partial charge in [0, 0.05) is 25.5 Å².